The van der Waals surface area contributed by atoms with Crippen LogP contribution in [0.15, 0.2) is 47.5 Å². The molecule has 0 saturated carbocycles. The molecule has 3 aliphatic rings. The van der Waals surface area contributed by atoms with Gasteiger partial charge >= 0.3 is 0 Å². The molecule has 3 heterocycles. The van der Waals surface area contributed by atoms with Gasteiger partial charge in [0.1, 0.15) is 10.8 Å². The van der Waals surface area contributed by atoms with Crippen LogP contribution in [0.25, 0.3) is 0 Å². The number of aryl methyl sites for hydroxylation is 1. The fourth-order valence-corrected chi connectivity index (χ4v) is 5.00. The lowest BCUT2D eigenvalue weighted by Gasteiger charge is -2.36. The monoisotopic (exact) mass is 364 g/mol. The second kappa shape index (κ2) is 6.25. The molecule has 1 atom stereocenters. The Kier molecular flexibility index (Phi) is 3.87. The van der Waals surface area contributed by atoms with E-state index < -0.39 is 0 Å². The van der Waals surface area contributed by atoms with Crippen LogP contribution < -0.4 is 4.90 Å². The molecule has 1 saturated heterocycles. The van der Waals surface area contributed by atoms with Crippen molar-refractivity contribution in [1.29, 1.82) is 0 Å². The lowest BCUT2D eigenvalue weighted by Crippen LogP contribution is -2.47. The molecule has 1 fully saturated rings. The van der Waals surface area contributed by atoms with Gasteiger partial charge in [-0.2, -0.15) is 0 Å². The number of hydrogen-bond donors (Lipinski definition) is 0. The molecular formula is C21H24N4S. The van der Waals surface area contributed by atoms with Gasteiger partial charge in [0.15, 0.2) is 0 Å². The summed E-state index contributed by atoms with van der Waals surface area (Å²) in [5.41, 5.74) is 3.62. The molecule has 1 aromatic carbocycles. The van der Waals surface area contributed by atoms with E-state index in [9.17, 15) is 0 Å². The summed E-state index contributed by atoms with van der Waals surface area (Å²) in [6, 6.07) is 11.4. The predicted molar refractivity (Wildman–Crippen MR) is 110 cm³/mol. The first-order chi connectivity index (χ1) is 12.7. The molecule has 2 aromatic rings. The number of nitrogens with zero attached hydrogens (tertiary/aromatic N) is 4. The number of hydrogen-bond acceptors (Lipinski definition) is 5. The van der Waals surface area contributed by atoms with Crippen LogP contribution in [-0.4, -0.2) is 54.9 Å². The van der Waals surface area contributed by atoms with E-state index in [1.54, 1.807) is 0 Å². The van der Waals surface area contributed by atoms with Crippen LogP contribution >= 0.6 is 11.3 Å². The molecule has 0 amide bonds. The Bertz CT molecular complexity index is 889. The van der Waals surface area contributed by atoms with E-state index in [0.717, 1.165) is 44.1 Å². The van der Waals surface area contributed by atoms with Crippen molar-refractivity contribution in [2.75, 3.05) is 38.1 Å². The summed E-state index contributed by atoms with van der Waals surface area (Å²) >= 11 is 1.90. The molecule has 26 heavy (non-hydrogen) atoms. The highest BCUT2D eigenvalue weighted by Gasteiger charge is 2.33. The highest BCUT2D eigenvalue weighted by atomic mass is 32.1. The van der Waals surface area contributed by atoms with E-state index in [4.69, 9.17) is 4.99 Å². The van der Waals surface area contributed by atoms with Crippen molar-refractivity contribution in [3.05, 3.63) is 52.9 Å². The van der Waals surface area contributed by atoms with Crippen molar-refractivity contribution in [2.45, 2.75) is 19.4 Å². The molecule has 2 aliphatic heterocycles. The summed E-state index contributed by atoms with van der Waals surface area (Å²) < 4.78 is 0. The maximum atomic E-state index is 5.20. The third-order valence-electron chi connectivity index (χ3n) is 5.53. The summed E-state index contributed by atoms with van der Waals surface area (Å²) in [5, 5.41) is 1.35. The lowest BCUT2D eigenvalue weighted by atomic mass is 10.0. The van der Waals surface area contributed by atoms with Crippen molar-refractivity contribution >= 4 is 33.5 Å². The number of aliphatic imine (C=N–C) groups is 1. The van der Waals surface area contributed by atoms with Crippen LogP contribution in [0.3, 0.4) is 0 Å². The Morgan fingerprint density at radius 2 is 1.88 bits per heavy atom. The Balaban J connectivity index is 1.67. The molecule has 1 aliphatic carbocycles. The van der Waals surface area contributed by atoms with Gasteiger partial charge in [-0.25, -0.2) is 4.99 Å². The smallest absolute Gasteiger partial charge is 0.139 e. The molecule has 1 unspecified atom stereocenters. The maximum absolute atomic E-state index is 5.20. The number of anilines is 2. The molecule has 134 valence electrons. The van der Waals surface area contributed by atoms with Crippen LogP contribution in [0.2, 0.25) is 0 Å². The standard InChI is InChI=1S/C21H24N4S/c1-15-14-17-20(24-12-10-23(2)11-13-24)22-18-8-3-4-9-19(18)25(21(17)26-15)16-6-5-7-16/h3-6,8-9,14,16H,7,10-13H2,1-2H3. The van der Waals surface area contributed by atoms with E-state index in [-0.39, 0.29) is 0 Å². The van der Waals surface area contributed by atoms with E-state index in [1.165, 1.54) is 21.1 Å². The van der Waals surface area contributed by atoms with Gasteiger partial charge in [-0.1, -0.05) is 24.3 Å². The molecule has 0 N–H and O–H groups in total. The van der Waals surface area contributed by atoms with Crippen LogP contribution in [0.5, 0.6) is 0 Å². The summed E-state index contributed by atoms with van der Waals surface area (Å²) in [4.78, 5) is 13.9. The van der Waals surface area contributed by atoms with E-state index in [1.807, 2.05) is 11.3 Å². The minimum absolute atomic E-state index is 0.440. The van der Waals surface area contributed by atoms with Crippen molar-refractivity contribution in [1.82, 2.24) is 9.80 Å². The number of rotatable bonds is 1. The summed E-state index contributed by atoms with van der Waals surface area (Å²) in [6.07, 6.45) is 5.69. The summed E-state index contributed by atoms with van der Waals surface area (Å²) in [7, 11) is 2.20. The maximum Gasteiger partial charge on any atom is 0.139 e. The zero-order valence-electron chi connectivity index (χ0n) is 15.4. The van der Waals surface area contributed by atoms with Gasteiger partial charge in [-0.15, -0.1) is 11.3 Å². The van der Waals surface area contributed by atoms with Gasteiger partial charge in [-0.3, -0.25) is 0 Å². The highest BCUT2D eigenvalue weighted by Crippen LogP contribution is 2.46. The Labute approximate surface area is 159 Å². The number of para-hydroxylation sites is 2. The van der Waals surface area contributed by atoms with Crippen LogP contribution in [0.4, 0.5) is 16.4 Å². The third kappa shape index (κ3) is 2.58. The van der Waals surface area contributed by atoms with Crippen molar-refractivity contribution in [3.63, 3.8) is 0 Å². The molecule has 5 rings (SSSR count). The minimum atomic E-state index is 0.440. The van der Waals surface area contributed by atoms with Gasteiger partial charge in [0.25, 0.3) is 0 Å². The second-order valence-electron chi connectivity index (χ2n) is 7.39. The molecule has 0 bridgehead atoms. The van der Waals surface area contributed by atoms with Gasteiger partial charge < -0.3 is 14.7 Å². The third-order valence-corrected chi connectivity index (χ3v) is 6.58. The molecule has 4 nitrogen and oxygen atoms in total. The summed E-state index contributed by atoms with van der Waals surface area (Å²) in [5.74, 6) is 1.15. The fourth-order valence-electron chi connectivity index (χ4n) is 3.93. The predicted octanol–water partition coefficient (Wildman–Crippen LogP) is 4.16. The zero-order chi connectivity index (χ0) is 17.7. The largest absolute Gasteiger partial charge is 0.353 e. The Morgan fingerprint density at radius 3 is 2.62 bits per heavy atom. The first-order valence-electron chi connectivity index (χ1n) is 9.38. The number of piperazine rings is 1. The molecule has 0 spiro atoms. The lowest BCUT2D eigenvalue weighted by molar-refractivity contribution is 0.216. The number of thiophene rings is 1. The molecular weight excluding hydrogens is 340 g/mol. The quantitative estimate of drug-likeness (QED) is 0.709. The summed E-state index contributed by atoms with van der Waals surface area (Å²) in [6.45, 7) is 6.47. The second-order valence-corrected chi connectivity index (χ2v) is 8.63. The van der Waals surface area contributed by atoms with Gasteiger partial charge in [-0.05, 0) is 38.6 Å². The van der Waals surface area contributed by atoms with Crippen molar-refractivity contribution < 1.29 is 0 Å². The van der Waals surface area contributed by atoms with Gasteiger partial charge in [0.2, 0.25) is 0 Å². The fraction of sp³-hybridized carbons (Fsp3) is 0.381. The first kappa shape index (κ1) is 16.1. The number of benzene rings is 1. The van der Waals surface area contributed by atoms with Crippen LogP contribution in [0.1, 0.15) is 16.9 Å². The van der Waals surface area contributed by atoms with E-state index in [2.05, 4.69) is 71.2 Å². The molecule has 0 radical (unpaired) electrons. The van der Waals surface area contributed by atoms with Crippen LogP contribution in [0, 0.1) is 6.92 Å². The minimum Gasteiger partial charge on any atom is -0.353 e. The molecule has 1 aromatic heterocycles. The highest BCUT2D eigenvalue weighted by molar-refractivity contribution is 7.16. The van der Waals surface area contributed by atoms with Crippen molar-refractivity contribution in [3.8, 4) is 0 Å². The SMILES string of the molecule is Cc1cc2c(s1)N(C1C=CC1)c1ccccc1N=C2N1CCN(C)CC1. The first-order valence-corrected chi connectivity index (χ1v) is 10.2. The van der Waals surface area contributed by atoms with Gasteiger partial charge in [0.05, 0.1) is 23.0 Å². The van der Waals surface area contributed by atoms with E-state index in [0.29, 0.717) is 6.04 Å². The zero-order valence-corrected chi connectivity index (χ0v) is 16.2. The van der Waals surface area contributed by atoms with E-state index >= 15 is 0 Å². The number of likely N-dealkylation sites (N-methyl/N-ethyl adjacent to an activating group) is 1. The average molecular weight is 365 g/mol. The Morgan fingerprint density at radius 1 is 1.12 bits per heavy atom. The van der Waals surface area contributed by atoms with Crippen LogP contribution in [-0.2, 0) is 0 Å². The number of amidine groups is 1. The average Bonchev–Trinajstić information content (AvgIpc) is 2.93. The Hall–Kier alpha value is -2.11. The normalized spacial score (nSPS) is 22.4. The topological polar surface area (TPSA) is 22.1 Å². The number of fused-ring (bicyclic) bond motifs is 2. The molecule has 5 heteroatoms. The van der Waals surface area contributed by atoms with Crippen molar-refractivity contribution in [2.24, 2.45) is 4.99 Å². The van der Waals surface area contributed by atoms with Gasteiger partial charge in [0, 0.05) is 31.1 Å².